The molecule has 0 spiro atoms. The quantitative estimate of drug-likeness (QED) is 0.547. The molecule has 1 aromatic heterocycles. The van der Waals surface area contributed by atoms with Crippen molar-refractivity contribution in [3.8, 4) is 11.5 Å². The van der Waals surface area contributed by atoms with Gasteiger partial charge in [-0.05, 0) is 36.8 Å². The van der Waals surface area contributed by atoms with Crippen LogP contribution in [0.1, 0.15) is 12.5 Å². The molecule has 0 saturated heterocycles. The number of hydrogen-bond donors (Lipinski definition) is 2. The highest BCUT2D eigenvalue weighted by molar-refractivity contribution is 5.44. The summed E-state index contributed by atoms with van der Waals surface area (Å²) in [7, 11) is 0. The largest absolute Gasteiger partial charge is 0.490 e. The summed E-state index contributed by atoms with van der Waals surface area (Å²) in [6.45, 7) is 4.54. The van der Waals surface area contributed by atoms with Crippen molar-refractivity contribution >= 4 is 5.69 Å². The molecular formula is C20H24N4O2. The first-order chi connectivity index (χ1) is 12.8. The molecule has 0 aliphatic carbocycles. The zero-order valence-corrected chi connectivity index (χ0v) is 14.9. The molecule has 0 atom stereocenters. The van der Waals surface area contributed by atoms with Gasteiger partial charge in [-0.1, -0.05) is 24.3 Å². The minimum Gasteiger partial charge on any atom is -0.490 e. The van der Waals surface area contributed by atoms with Gasteiger partial charge in [-0.2, -0.15) is 0 Å². The molecule has 2 aromatic carbocycles. The topological polar surface area (TPSA) is 60.3 Å². The van der Waals surface area contributed by atoms with Gasteiger partial charge in [-0.25, -0.2) is 10.4 Å². The van der Waals surface area contributed by atoms with Crippen LogP contribution in [-0.2, 0) is 13.1 Å². The minimum atomic E-state index is 0.559. The Morgan fingerprint density at radius 2 is 1.92 bits per heavy atom. The Morgan fingerprint density at radius 1 is 1.04 bits per heavy atom. The molecule has 1 heterocycles. The SMILES string of the molecule is CCOc1cc(CNNc2ccccc2)ccc1OCCn1ccnc1. The standard InChI is InChI=1S/C20H24N4O2/c1-2-25-20-14-17(15-22-23-18-6-4-3-5-7-18)8-9-19(20)26-13-12-24-11-10-21-16-24/h3-11,14,16,22-23H,2,12-13,15H2,1H3. The maximum Gasteiger partial charge on any atom is 0.161 e. The summed E-state index contributed by atoms with van der Waals surface area (Å²) in [6, 6.07) is 16.0. The summed E-state index contributed by atoms with van der Waals surface area (Å²) in [5.74, 6) is 1.52. The first-order valence-electron chi connectivity index (χ1n) is 8.73. The first kappa shape index (κ1) is 17.8. The normalized spacial score (nSPS) is 10.5. The highest BCUT2D eigenvalue weighted by atomic mass is 16.5. The van der Waals surface area contributed by atoms with Crippen molar-refractivity contribution in [3.05, 3.63) is 72.8 Å². The van der Waals surface area contributed by atoms with Crippen LogP contribution in [0.4, 0.5) is 5.69 Å². The van der Waals surface area contributed by atoms with E-state index in [-0.39, 0.29) is 0 Å². The third-order valence-electron chi connectivity index (χ3n) is 3.77. The number of nitrogens with zero attached hydrogens (tertiary/aromatic N) is 2. The monoisotopic (exact) mass is 352 g/mol. The van der Waals surface area contributed by atoms with Gasteiger partial charge in [0.1, 0.15) is 6.61 Å². The second-order valence-corrected chi connectivity index (χ2v) is 5.71. The Morgan fingerprint density at radius 3 is 2.69 bits per heavy atom. The lowest BCUT2D eigenvalue weighted by Crippen LogP contribution is -2.20. The molecule has 0 aliphatic rings. The molecule has 26 heavy (non-hydrogen) atoms. The van der Waals surface area contributed by atoms with Crippen molar-refractivity contribution in [2.45, 2.75) is 20.0 Å². The van der Waals surface area contributed by atoms with Crippen LogP contribution in [0.15, 0.2) is 67.3 Å². The third kappa shape index (κ3) is 5.26. The molecule has 0 fully saturated rings. The fourth-order valence-electron chi connectivity index (χ4n) is 2.50. The summed E-state index contributed by atoms with van der Waals surface area (Å²) < 4.78 is 13.6. The van der Waals surface area contributed by atoms with Crippen LogP contribution in [0, 0.1) is 0 Å². The van der Waals surface area contributed by atoms with E-state index in [9.17, 15) is 0 Å². The first-order valence-corrected chi connectivity index (χ1v) is 8.73. The van der Waals surface area contributed by atoms with Gasteiger partial charge in [0.25, 0.3) is 0 Å². The molecule has 0 saturated carbocycles. The van der Waals surface area contributed by atoms with Crippen LogP contribution in [0.3, 0.4) is 0 Å². The van der Waals surface area contributed by atoms with E-state index in [1.54, 1.807) is 12.5 Å². The van der Waals surface area contributed by atoms with Crippen LogP contribution in [0.5, 0.6) is 11.5 Å². The van der Waals surface area contributed by atoms with Crippen molar-refractivity contribution in [1.82, 2.24) is 15.0 Å². The number of imidazole rings is 1. The molecule has 3 rings (SSSR count). The molecule has 3 aromatic rings. The molecule has 136 valence electrons. The zero-order chi connectivity index (χ0) is 18.0. The average molecular weight is 352 g/mol. The molecular weight excluding hydrogens is 328 g/mol. The van der Waals surface area contributed by atoms with E-state index in [1.165, 1.54) is 0 Å². The second-order valence-electron chi connectivity index (χ2n) is 5.71. The third-order valence-corrected chi connectivity index (χ3v) is 3.77. The number of nitrogens with one attached hydrogen (secondary N) is 2. The highest BCUT2D eigenvalue weighted by Gasteiger charge is 2.07. The van der Waals surface area contributed by atoms with Crippen LogP contribution < -0.4 is 20.3 Å². The van der Waals surface area contributed by atoms with E-state index in [1.807, 2.05) is 66.2 Å². The summed E-state index contributed by atoms with van der Waals surface area (Å²) in [5, 5.41) is 0. The predicted octanol–water partition coefficient (Wildman–Crippen LogP) is 3.48. The molecule has 0 bridgehead atoms. The van der Waals surface area contributed by atoms with Gasteiger partial charge >= 0.3 is 0 Å². The number of aromatic nitrogens is 2. The van der Waals surface area contributed by atoms with Gasteiger partial charge in [-0.15, -0.1) is 0 Å². The molecule has 0 radical (unpaired) electrons. The van der Waals surface area contributed by atoms with Gasteiger partial charge in [0.2, 0.25) is 0 Å². The number of hydrogen-bond acceptors (Lipinski definition) is 5. The van der Waals surface area contributed by atoms with Crippen LogP contribution in [0.2, 0.25) is 0 Å². The Hall–Kier alpha value is -2.99. The van der Waals surface area contributed by atoms with E-state index in [2.05, 4.69) is 15.8 Å². The number of anilines is 1. The van der Waals surface area contributed by atoms with Crippen LogP contribution >= 0.6 is 0 Å². The van der Waals surface area contributed by atoms with E-state index in [4.69, 9.17) is 9.47 Å². The zero-order valence-electron chi connectivity index (χ0n) is 14.9. The highest BCUT2D eigenvalue weighted by Crippen LogP contribution is 2.28. The van der Waals surface area contributed by atoms with Crippen molar-refractivity contribution < 1.29 is 9.47 Å². The van der Waals surface area contributed by atoms with Gasteiger partial charge in [0.05, 0.1) is 19.5 Å². The van der Waals surface area contributed by atoms with Gasteiger partial charge in [0, 0.05) is 24.6 Å². The molecule has 0 amide bonds. The number of benzene rings is 2. The number of hydrazine groups is 1. The number of rotatable bonds is 10. The Kier molecular flexibility index (Phi) is 6.50. The van der Waals surface area contributed by atoms with Gasteiger partial charge in [-0.3, -0.25) is 0 Å². The second kappa shape index (κ2) is 9.48. The van der Waals surface area contributed by atoms with Crippen molar-refractivity contribution in [2.75, 3.05) is 18.6 Å². The Bertz CT molecular complexity index is 776. The van der Waals surface area contributed by atoms with Crippen molar-refractivity contribution in [2.24, 2.45) is 0 Å². The lowest BCUT2D eigenvalue weighted by molar-refractivity contribution is 0.266. The van der Waals surface area contributed by atoms with Crippen LogP contribution in [0.25, 0.3) is 0 Å². The maximum absolute atomic E-state index is 5.88. The van der Waals surface area contributed by atoms with Crippen LogP contribution in [-0.4, -0.2) is 22.8 Å². The number of ether oxygens (including phenoxy) is 2. The molecule has 0 aliphatic heterocycles. The van der Waals surface area contributed by atoms with Gasteiger partial charge in [0.15, 0.2) is 11.5 Å². The Labute approximate surface area is 153 Å². The Balaban J connectivity index is 1.54. The number of para-hydroxylation sites is 1. The lowest BCUT2D eigenvalue weighted by Gasteiger charge is -2.14. The van der Waals surface area contributed by atoms with Gasteiger partial charge < -0.3 is 19.5 Å². The summed E-state index contributed by atoms with van der Waals surface area (Å²) in [4.78, 5) is 4.03. The minimum absolute atomic E-state index is 0.559. The average Bonchev–Trinajstić information content (AvgIpc) is 3.18. The van der Waals surface area contributed by atoms with E-state index < -0.39 is 0 Å². The van der Waals surface area contributed by atoms with Crippen molar-refractivity contribution in [3.63, 3.8) is 0 Å². The van der Waals surface area contributed by atoms with E-state index in [0.29, 0.717) is 19.8 Å². The fraction of sp³-hybridized carbons (Fsp3) is 0.250. The summed E-state index contributed by atoms with van der Waals surface area (Å²) >= 11 is 0. The fourth-order valence-corrected chi connectivity index (χ4v) is 2.50. The summed E-state index contributed by atoms with van der Waals surface area (Å²) in [5.41, 5.74) is 8.53. The van der Waals surface area contributed by atoms with E-state index in [0.717, 1.165) is 29.3 Å². The van der Waals surface area contributed by atoms with Crippen molar-refractivity contribution in [1.29, 1.82) is 0 Å². The molecule has 0 unspecified atom stereocenters. The predicted molar refractivity (Wildman–Crippen MR) is 102 cm³/mol. The smallest absolute Gasteiger partial charge is 0.161 e. The molecule has 6 nitrogen and oxygen atoms in total. The van der Waals surface area contributed by atoms with E-state index >= 15 is 0 Å². The molecule has 6 heteroatoms. The molecule has 2 N–H and O–H groups in total. The maximum atomic E-state index is 5.88. The lowest BCUT2D eigenvalue weighted by atomic mass is 10.2. The summed E-state index contributed by atoms with van der Waals surface area (Å²) in [6.07, 6.45) is 5.46.